The first-order valence-corrected chi connectivity index (χ1v) is 12.3. The molecule has 1 N–H and O–H groups in total. The van der Waals surface area contributed by atoms with Crippen molar-refractivity contribution in [2.75, 3.05) is 12.3 Å². The van der Waals surface area contributed by atoms with Crippen molar-refractivity contribution in [3.8, 4) is 0 Å². The normalized spacial score (nSPS) is 11.9. The number of nitrogens with one attached hydrogen (secondary N) is 1. The fraction of sp³-hybridized carbons (Fsp3) is 0.440. The minimum atomic E-state index is -0.499. The lowest BCUT2D eigenvalue weighted by molar-refractivity contribution is -0.139. The Morgan fingerprint density at radius 3 is 2.39 bits per heavy atom. The molecule has 0 saturated carbocycles. The van der Waals surface area contributed by atoms with Crippen LogP contribution in [0.15, 0.2) is 48.5 Å². The lowest BCUT2D eigenvalue weighted by atomic mass is 10.1. The molecule has 2 rings (SSSR count). The van der Waals surface area contributed by atoms with Crippen molar-refractivity contribution in [1.29, 1.82) is 0 Å². The van der Waals surface area contributed by atoms with Gasteiger partial charge in [-0.3, -0.25) is 9.59 Å². The Hall–Kier alpha value is -1.98. The summed E-state index contributed by atoms with van der Waals surface area (Å²) in [6.07, 6.45) is 0.561. The minimum Gasteiger partial charge on any atom is -0.354 e. The van der Waals surface area contributed by atoms with E-state index in [-0.39, 0.29) is 11.8 Å². The quantitative estimate of drug-likeness (QED) is 0.484. The highest BCUT2D eigenvalue weighted by atomic mass is 35.5. The molecule has 0 heterocycles. The number of hydrogen-bond acceptors (Lipinski definition) is 3. The molecule has 168 valence electrons. The summed E-state index contributed by atoms with van der Waals surface area (Å²) >= 11 is 7.60. The molecule has 0 aliphatic rings. The van der Waals surface area contributed by atoms with Gasteiger partial charge in [-0.15, -0.1) is 11.8 Å². The van der Waals surface area contributed by atoms with Crippen LogP contribution in [0.25, 0.3) is 0 Å². The Balaban J connectivity index is 2.12. The molecule has 0 spiro atoms. The van der Waals surface area contributed by atoms with Crippen molar-refractivity contribution in [2.45, 2.75) is 52.5 Å². The average molecular weight is 461 g/mol. The number of benzene rings is 2. The Labute approximate surface area is 195 Å². The van der Waals surface area contributed by atoms with Gasteiger partial charge in [0.2, 0.25) is 11.8 Å². The van der Waals surface area contributed by atoms with Gasteiger partial charge in [0.25, 0.3) is 0 Å². The fourth-order valence-electron chi connectivity index (χ4n) is 3.23. The molecular formula is C25H33ClN2O2S. The molecule has 2 aromatic rings. The van der Waals surface area contributed by atoms with Crippen LogP contribution in [0, 0.1) is 12.8 Å². The van der Waals surface area contributed by atoms with E-state index in [2.05, 4.69) is 38.2 Å². The van der Waals surface area contributed by atoms with Crippen LogP contribution >= 0.6 is 23.4 Å². The third kappa shape index (κ3) is 8.23. The van der Waals surface area contributed by atoms with Gasteiger partial charge in [0.15, 0.2) is 0 Å². The lowest BCUT2D eigenvalue weighted by Gasteiger charge is -2.31. The Kier molecular flexibility index (Phi) is 10.4. The molecule has 1 atom stereocenters. The maximum Gasteiger partial charge on any atom is 0.242 e. The molecule has 0 fully saturated rings. The van der Waals surface area contributed by atoms with E-state index in [9.17, 15) is 9.59 Å². The number of amides is 2. The average Bonchev–Trinajstić information content (AvgIpc) is 2.74. The third-order valence-corrected chi connectivity index (χ3v) is 6.30. The van der Waals surface area contributed by atoms with Gasteiger partial charge in [0, 0.05) is 23.9 Å². The van der Waals surface area contributed by atoms with Crippen molar-refractivity contribution in [2.24, 2.45) is 5.92 Å². The van der Waals surface area contributed by atoms with E-state index in [1.807, 2.05) is 43.3 Å². The molecule has 4 nitrogen and oxygen atoms in total. The maximum atomic E-state index is 13.2. The molecule has 0 saturated heterocycles. The Morgan fingerprint density at radius 1 is 1.10 bits per heavy atom. The first-order chi connectivity index (χ1) is 14.8. The summed E-state index contributed by atoms with van der Waals surface area (Å²) in [5, 5.41) is 3.64. The molecule has 0 aliphatic heterocycles. The second kappa shape index (κ2) is 12.8. The number of nitrogens with zero attached hydrogens (tertiary/aromatic N) is 1. The monoisotopic (exact) mass is 460 g/mol. The van der Waals surface area contributed by atoms with Gasteiger partial charge in [-0.2, -0.15) is 0 Å². The summed E-state index contributed by atoms with van der Waals surface area (Å²) in [5.74, 6) is 1.33. The highest BCUT2D eigenvalue weighted by Crippen LogP contribution is 2.20. The largest absolute Gasteiger partial charge is 0.354 e. The number of rotatable bonds is 11. The molecule has 2 aromatic carbocycles. The second-order valence-corrected chi connectivity index (χ2v) is 9.55. The van der Waals surface area contributed by atoms with Crippen LogP contribution < -0.4 is 5.32 Å². The predicted molar refractivity (Wildman–Crippen MR) is 131 cm³/mol. The SMILES string of the molecule is CCC(C(=O)NCC(C)C)N(Cc1ccc(Cl)cc1)C(=O)CSCc1ccccc1C. The van der Waals surface area contributed by atoms with Gasteiger partial charge >= 0.3 is 0 Å². The third-order valence-electron chi connectivity index (χ3n) is 5.08. The van der Waals surface area contributed by atoms with Gasteiger partial charge in [-0.05, 0) is 48.1 Å². The molecule has 6 heteroatoms. The maximum absolute atomic E-state index is 13.2. The fourth-order valence-corrected chi connectivity index (χ4v) is 4.34. The van der Waals surface area contributed by atoms with Crippen LogP contribution in [-0.4, -0.2) is 35.1 Å². The number of thioether (sulfide) groups is 1. The Bertz CT molecular complexity index is 855. The highest BCUT2D eigenvalue weighted by molar-refractivity contribution is 7.99. The molecule has 0 aliphatic carbocycles. The first-order valence-electron chi connectivity index (χ1n) is 10.8. The van der Waals surface area contributed by atoms with E-state index in [0.717, 1.165) is 11.3 Å². The van der Waals surface area contributed by atoms with Crippen LogP contribution in [0.5, 0.6) is 0 Å². The van der Waals surface area contributed by atoms with Gasteiger partial charge < -0.3 is 10.2 Å². The summed E-state index contributed by atoms with van der Waals surface area (Å²) in [6.45, 7) is 9.12. The molecule has 31 heavy (non-hydrogen) atoms. The topological polar surface area (TPSA) is 49.4 Å². The summed E-state index contributed by atoms with van der Waals surface area (Å²) in [7, 11) is 0. The number of hydrogen-bond donors (Lipinski definition) is 1. The van der Waals surface area contributed by atoms with Crippen molar-refractivity contribution in [3.05, 3.63) is 70.2 Å². The van der Waals surface area contributed by atoms with E-state index in [1.165, 1.54) is 11.1 Å². The van der Waals surface area contributed by atoms with E-state index in [0.29, 0.717) is 36.2 Å². The number of carbonyl (C=O) groups excluding carboxylic acids is 2. The Morgan fingerprint density at radius 2 is 1.77 bits per heavy atom. The van der Waals surface area contributed by atoms with Gasteiger partial charge in [0.05, 0.1) is 5.75 Å². The van der Waals surface area contributed by atoms with Gasteiger partial charge in [-0.25, -0.2) is 0 Å². The van der Waals surface area contributed by atoms with Crippen LogP contribution in [0.3, 0.4) is 0 Å². The second-order valence-electron chi connectivity index (χ2n) is 8.13. The van der Waals surface area contributed by atoms with Crippen LogP contribution in [0.1, 0.15) is 43.9 Å². The van der Waals surface area contributed by atoms with Crippen LogP contribution in [0.2, 0.25) is 5.02 Å². The van der Waals surface area contributed by atoms with Crippen molar-refractivity contribution < 1.29 is 9.59 Å². The molecule has 0 aromatic heterocycles. The zero-order valence-electron chi connectivity index (χ0n) is 18.9. The molecule has 1 unspecified atom stereocenters. The molecule has 0 bridgehead atoms. The smallest absolute Gasteiger partial charge is 0.242 e. The predicted octanol–water partition coefficient (Wildman–Crippen LogP) is 5.46. The van der Waals surface area contributed by atoms with Crippen molar-refractivity contribution in [3.63, 3.8) is 0 Å². The van der Waals surface area contributed by atoms with Crippen LogP contribution in [-0.2, 0) is 21.9 Å². The van der Waals surface area contributed by atoms with Gasteiger partial charge in [-0.1, -0.05) is 68.8 Å². The highest BCUT2D eigenvalue weighted by Gasteiger charge is 2.28. The van der Waals surface area contributed by atoms with Crippen molar-refractivity contribution in [1.82, 2.24) is 10.2 Å². The summed E-state index contributed by atoms with van der Waals surface area (Å²) in [6, 6.07) is 15.1. The summed E-state index contributed by atoms with van der Waals surface area (Å²) < 4.78 is 0. The molecule has 2 amide bonds. The standard InChI is InChI=1S/C25H33ClN2O2S/c1-5-23(25(30)27-14-18(2)3)28(15-20-10-12-22(26)13-11-20)24(29)17-31-16-21-9-7-6-8-19(21)4/h6-13,18,23H,5,14-17H2,1-4H3,(H,27,30). The summed E-state index contributed by atoms with van der Waals surface area (Å²) in [5.41, 5.74) is 3.41. The van der Waals surface area contributed by atoms with E-state index >= 15 is 0 Å². The van der Waals surface area contributed by atoms with E-state index in [1.54, 1.807) is 16.7 Å². The molecule has 0 radical (unpaired) electrons. The lowest BCUT2D eigenvalue weighted by Crippen LogP contribution is -2.50. The zero-order chi connectivity index (χ0) is 22.8. The number of carbonyl (C=O) groups is 2. The first kappa shape index (κ1) is 25.3. The summed E-state index contributed by atoms with van der Waals surface area (Å²) in [4.78, 5) is 27.8. The van der Waals surface area contributed by atoms with Crippen LogP contribution in [0.4, 0.5) is 0 Å². The minimum absolute atomic E-state index is 0.0277. The van der Waals surface area contributed by atoms with E-state index < -0.39 is 6.04 Å². The number of halogens is 1. The molecular weight excluding hydrogens is 428 g/mol. The number of aryl methyl sites for hydroxylation is 1. The van der Waals surface area contributed by atoms with Crippen molar-refractivity contribution >= 4 is 35.2 Å². The van der Waals surface area contributed by atoms with E-state index in [4.69, 9.17) is 11.6 Å². The van der Waals surface area contributed by atoms with Gasteiger partial charge in [0.1, 0.15) is 6.04 Å². The zero-order valence-corrected chi connectivity index (χ0v) is 20.4.